The Hall–Kier alpha value is -3.17. The molecule has 5 N–H and O–H groups in total. The highest BCUT2D eigenvalue weighted by Gasteiger charge is 2.25. The van der Waals surface area contributed by atoms with Gasteiger partial charge in [-0.3, -0.25) is 9.59 Å². The summed E-state index contributed by atoms with van der Waals surface area (Å²) >= 11 is 0. The van der Waals surface area contributed by atoms with Gasteiger partial charge in [-0.05, 0) is 37.2 Å². The zero-order valence-corrected chi connectivity index (χ0v) is 18.5. The highest BCUT2D eigenvalue weighted by atomic mass is 16.7. The first-order valence-electron chi connectivity index (χ1n) is 10.6. The number of nitrogens with two attached hydrogens (primary N) is 1. The number of amides is 2. The van der Waals surface area contributed by atoms with Crippen molar-refractivity contribution in [3.05, 3.63) is 46.0 Å². The van der Waals surface area contributed by atoms with Crippen LogP contribution in [0, 0.1) is 16.0 Å². The van der Waals surface area contributed by atoms with E-state index in [2.05, 4.69) is 29.5 Å². The molecule has 0 aliphatic heterocycles. The van der Waals surface area contributed by atoms with Gasteiger partial charge in [0.1, 0.15) is 6.04 Å². The molecule has 2 amide bonds. The minimum absolute atomic E-state index is 0.189. The SMILES string of the molecule is CC[C@@H](C(=O)N[C@@H](CCCN=C(N)N[N+](=O)[O-])C(=O)NCCC(C)C)c1ccccc1. The molecule has 0 aliphatic rings. The molecule has 10 nitrogen and oxygen atoms in total. The summed E-state index contributed by atoms with van der Waals surface area (Å²) in [5.41, 5.74) is 8.06. The Morgan fingerprint density at radius 2 is 1.84 bits per heavy atom. The van der Waals surface area contributed by atoms with Crippen LogP contribution in [0.25, 0.3) is 0 Å². The Bertz CT molecular complexity index is 739. The molecule has 0 spiro atoms. The summed E-state index contributed by atoms with van der Waals surface area (Å²) < 4.78 is 0. The summed E-state index contributed by atoms with van der Waals surface area (Å²) in [4.78, 5) is 39.8. The van der Waals surface area contributed by atoms with Crippen molar-refractivity contribution in [2.24, 2.45) is 16.6 Å². The smallest absolute Gasteiger partial charge is 0.251 e. The second-order valence-corrected chi connectivity index (χ2v) is 7.68. The van der Waals surface area contributed by atoms with Crippen LogP contribution < -0.4 is 21.8 Å². The van der Waals surface area contributed by atoms with Crippen LogP contribution in [0.4, 0.5) is 0 Å². The molecule has 0 unspecified atom stereocenters. The van der Waals surface area contributed by atoms with E-state index < -0.39 is 11.1 Å². The topological polar surface area (TPSA) is 152 Å². The van der Waals surface area contributed by atoms with Crippen molar-refractivity contribution in [2.75, 3.05) is 13.1 Å². The van der Waals surface area contributed by atoms with Gasteiger partial charge in [0.05, 0.1) is 5.92 Å². The van der Waals surface area contributed by atoms with E-state index in [1.165, 1.54) is 0 Å². The van der Waals surface area contributed by atoms with Crippen molar-refractivity contribution >= 4 is 17.8 Å². The van der Waals surface area contributed by atoms with E-state index in [1.54, 1.807) is 5.43 Å². The maximum absolute atomic E-state index is 12.9. The highest BCUT2D eigenvalue weighted by Crippen LogP contribution is 2.19. The van der Waals surface area contributed by atoms with Crippen LogP contribution in [0.15, 0.2) is 35.3 Å². The first kappa shape index (κ1) is 25.9. The fourth-order valence-electron chi connectivity index (χ4n) is 3.03. The quantitative estimate of drug-likeness (QED) is 0.122. The number of nitrogens with zero attached hydrogens (tertiary/aromatic N) is 2. The third-order valence-corrected chi connectivity index (χ3v) is 4.72. The number of carbonyl (C=O) groups excluding carboxylic acids is 2. The van der Waals surface area contributed by atoms with E-state index in [9.17, 15) is 19.7 Å². The largest absolute Gasteiger partial charge is 0.365 e. The number of guanidine groups is 1. The molecule has 172 valence electrons. The summed E-state index contributed by atoms with van der Waals surface area (Å²) in [6, 6.07) is 8.71. The lowest BCUT2D eigenvalue weighted by Gasteiger charge is -2.22. The van der Waals surface area contributed by atoms with Crippen molar-refractivity contribution in [3.8, 4) is 0 Å². The lowest BCUT2D eigenvalue weighted by Crippen LogP contribution is -2.48. The number of nitro groups is 1. The molecule has 31 heavy (non-hydrogen) atoms. The van der Waals surface area contributed by atoms with E-state index in [-0.39, 0.29) is 30.2 Å². The van der Waals surface area contributed by atoms with Gasteiger partial charge in [-0.15, -0.1) is 0 Å². The zero-order chi connectivity index (χ0) is 23.2. The molecular weight excluding hydrogens is 400 g/mol. The van der Waals surface area contributed by atoms with Crippen LogP contribution in [-0.2, 0) is 9.59 Å². The summed E-state index contributed by atoms with van der Waals surface area (Å²) in [5.74, 6) is -0.678. The van der Waals surface area contributed by atoms with Gasteiger partial charge in [0.25, 0.3) is 5.96 Å². The summed E-state index contributed by atoms with van der Waals surface area (Å²) in [5, 5.41) is 15.3. The first-order valence-corrected chi connectivity index (χ1v) is 10.6. The van der Waals surface area contributed by atoms with E-state index in [0.717, 1.165) is 12.0 Å². The van der Waals surface area contributed by atoms with Gasteiger partial charge < -0.3 is 16.4 Å². The Labute approximate surface area is 183 Å². The Balaban J connectivity index is 2.77. The number of hydrazine groups is 1. The molecule has 2 atom stereocenters. The maximum Gasteiger partial charge on any atom is 0.251 e. The average Bonchev–Trinajstić information content (AvgIpc) is 2.70. The number of hydrogen-bond acceptors (Lipinski definition) is 5. The molecule has 0 aliphatic carbocycles. The lowest BCUT2D eigenvalue weighted by atomic mass is 9.95. The maximum atomic E-state index is 12.9. The summed E-state index contributed by atoms with van der Waals surface area (Å²) in [7, 11) is 0. The number of benzene rings is 1. The minimum Gasteiger partial charge on any atom is -0.365 e. The molecule has 1 aromatic carbocycles. The minimum atomic E-state index is -0.793. The van der Waals surface area contributed by atoms with Gasteiger partial charge in [-0.25, -0.2) is 15.1 Å². The van der Waals surface area contributed by atoms with Gasteiger partial charge in [0, 0.05) is 13.1 Å². The van der Waals surface area contributed by atoms with E-state index in [4.69, 9.17) is 5.73 Å². The van der Waals surface area contributed by atoms with E-state index >= 15 is 0 Å². The molecule has 10 heteroatoms. The number of carbonyl (C=O) groups is 2. The van der Waals surface area contributed by atoms with Crippen molar-refractivity contribution in [2.45, 2.75) is 58.4 Å². The Morgan fingerprint density at radius 1 is 1.16 bits per heavy atom. The number of rotatable bonds is 13. The van der Waals surface area contributed by atoms with E-state index in [1.807, 2.05) is 37.3 Å². The molecule has 0 saturated carbocycles. The number of nitrogens with one attached hydrogen (secondary N) is 3. The van der Waals surface area contributed by atoms with Gasteiger partial charge in [0.15, 0.2) is 5.03 Å². The monoisotopic (exact) mass is 434 g/mol. The normalized spacial score (nSPS) is 13.4. The second-order valence-electron chi connectivity index (χ2n) is 7.68. The van der Waals surface area contributed by atoms with Crippen LogP contribution >= 0.6 is 0 Å². The Morgan fingerprint density at radius 3 is 2.42 bits per heavy atom. The van der Waals surface area contributed by atoms with Crippen LogP contribution in [0.5, 0.6) is 0 Å². The van der Waals surface area contributed by atoms with Gasteiger partial charge in [-0.1, -0.05) is 56.5 Å². The zero-order valence-electron chi connectivity index (χ0n) is 18.5. The van der Waals surface area contributed by atoms with Crippen molar-refractivity contribution < 1.29 is 14.6 Å². The predicted molar refractivity (Wildman–Crippen MR) is 120 cm³/mol. The van der Waals surface area contributed by atoms with Crippen molar-refractivity contribution in [3.63, 3.8) is 0 Å². The second kappa shape index (κ2) is 13.9. The molecule has 1 aromatic rings. The third-order valence-electron chi connectivity index (χ3n) is 4.72. The molecule has 1 rings (SSSR count). The molecule has 0 aromatic heterocycles. The highest BCUT2D eigenvalue weighted by molar-refractivity contribution is 5.90. The Kier molecular flexibility index (Phi) is 11.6. The standard InChI is InChI=1S/C21H34N6O4/c1-4-17(16-9-6-5-7-10-16)19(28)25-18(20(29)23-14-12-15(2)3)11-8-13-24-21(22)26-27(30)31/h5-7,9-10,15,17-18H,4,8,11-14H2,1-3H3,(H,23,29)(H,25,28)(H3,22,24,26)/t17-,18+/m1/s1. The third kappa shape index (κ3) is 10.4. The van der Waals surface area contributed by atoms with Gasteiger partial charge in [0.2, 0.25) is 11.8 Å². The molecule has 0 fully saturated rings. The number of hydrogen-bond donors (Lipinski definition) is 4. The summed E-state index contributed by atoms with van der Waals surface area (Å²) in [6.07, 6.45) is 2.19. The number of aliphatic imine (C=N–C) groups is 1. The average molecular weight is 435 g/mol. The lowest BCUT2D eigenvalue weighted by molar-refractivity contribution is -0.525. The molecule has 0 heterocycles. The van der Waals surface area contributed by atoms with Crippen LogP contribution in [-0.4, -0.2) is 41.9 Å². The molecule has 0 saturated heterocycles. The fourth-order valence-corrected chi connectivity index (χ4v) is 3.03. The molecule has 0 bridgehead atoms. The van der Waals surface area contributed by atoms with Crippen molar-refractivity contribution in [1.29, 1.82) is 0 Å². The van der Waals surface area contributed by atoms with Crippen LogP contribution in [0.3, 0.4) is 0 Å². The molecule has 0 radical (unpaired) electrons. The van der Waals surface area contributed by atoms with Crippen LogP contribution in [0.1, 0.15) is 57.9 Å². The van der Waals surface area contributed by atoms with E-state index in [0.29, 0.717) is 31.7 Å². The van der Waals surface area contributed by atoms with Crippen molar-refractivity contribution in [1.82, 2.24) is 16.1 Å². The van der Waals surface area contributed by atoms with Gasteiger partial charge in [-0.2, -0.15) is 0 Å². The van der Waals surface area contributed by atoms with Gasteiger partial charge >= 0.3 is 0 Å². The fraction of sp³-hybridized carbons (Fsp3) is 0.571. The van der Waals surface area contributed by atoms with Crippen LogP contribution in [0.2, 0.25) is 0 Å². The first-order chi connectivity index (χ1) is 14.7. The predicted octanol–water partition coefficient (Wildman–Crippen LogP) is 1.70. The molecular formula is C21H34N6O4. The summed E-state index contributed by atoms with van der Waals surface area (Å²) in [6.45, 7) is 6.77.